The minimum Gasteiger partial charge on any atom is -0.157 e. The Morgan fingerprint density at radius 1 is 1.73 bits per heavy atom. The molecule has 11 heavy (non-hydrogen) atoms. The van der Waals surface area contributed by atoms with Crippen LogP contribution in [0.2, 0.25) is 0 Å². The van der Waals surface area contributed by atoms with Gasteiger partial charge >= 0.3 is 0 Å². The van der Waals surface area contributed by atoms with Crippen LogP contribution in [0.25, 0.3) is 0 Å². The summed E-state index contributed by atoms with van der Waals surface area (Å²) in [6.45, 7) is 4.66. The van der Waals surface area contributed by atoms with Gasteiger partial charge in [-0.05, 0) is 6.92 Å². The standard InChI is InChI=1S/C7H14S4/c1-6-3-10-7(2,4-9-6)5-11-8/h6,8H,3-5H2,1-2H3. The molecule has 0 spiro atoms. The molecule has 0 aromatic carbocycles. The molecule has 1 fully saturated rings. The highest BCUT2D eigenvalue weighted by molar-refractivity contribution is 8.68. The summed E-state index contributed by atoms with van der Waals surface area (Å²) in [7, 11) is 1.67. The maximum Gasteiger partial charge on any atom is 0.0321 e. The van der Waals surface area contributed by atoms with Crippen LogP contribution >= 0.6 is 46.0 Å². The van der Waals surface area contributed by atoms with Crippen molar-refractivity contribution in [3.63, 3.8) is 0 Å². The molecule has 2 unspecified atom stereocenters. The molecular weight excluding hydrogens is 212 g/mol. The van der Waals surface area contributed by atoms with Crippen molar-refractivity contribution in [2.45, 2.75) is 23.8 Å². The first kappa shape index (κ1) is 10.5. The molecule has 1 aliphatic rings. The second-order valence-electron chi connectivity index (χ2n) is 3.16. The summed E-state index contributed by atoms with van der Waals surface area (Å²) < 4.78 is 0.476. The Labute approximate surface area is 86.8 Å². The molecular formula is C7H14S4. The summed E-state index contributed by atoms with van der Waals surface area (Å²) >= 11 is 8.41. The molecule has 2 atom stereocenters. The van der Waals surface area contributed by atoms with Gasteiger partial charge in [0.05, 0.1) is 0 Å². The number of thiol groups is 1. The lowest BCUT2D eigenvalue weighted by atomic mass is 10.2. The van der Waals surface area contributed by atoms with Crippen LogP contribution in [0.5, 0.6) is 0 Å². The summed E-state index contributed by atoms with van der Waals surface area (Å²) in [5.41, 5.74) is 0. The third-order valence-electron chi connectivity index (χ3n) is 1.71. The fourth-order valence-corrected chi connectivity index (χ4v) is 5.58. The lowest BCUT2D eigenvalue weighted by molar-refractivity contribution is 0.817. The van der Waals surface area contributed by atoms with Crippen LogP contribution in [0.4, 0.5) is 0 Å². The van der Waals surface area contributed by atoms with Crippen LogP contribution < -0.4 is 0 Å². The summed E-state index contributed by atoms with van der Waals surface area (Å²) in [6.07, 6.45) is 0. The largest absolute Gasteiger partial charge is 0.157 e. The maximum atomic E-state index is 4.20. The van der Waals surface area contributed by atoms with Gasteiger partial charge in [0.15, 0.2) is 0 Å². The second-order valence-corrected chi connectivity index (χ2v) is 7.51. The van der Waals surface area contributed by atoms with E-state index >= 15 is 0 Å². The Hall–Kier alpha value is 1.40. The van der Waals surface area contributed by atoms with Crippen LogP contribution in [-0.2, 0) is 0 Å². The molecule has 4 heteroatoms. The van der Waals surface area contributed by atoms with Crippen molar-refractivity contribution in [3.8, 4) is 0 Å². The molecule has 66 valence electrons. The van der Waals surface area contributed by atoms with Gasteiger partial charge in [-0.15, -0.1) is 11.7 Å². The lowest BCUT2D eigenvalue weighted by Gasteiger charge is -2.34. The molecule has 1 heterocycles. The normalized spacial score (nSPS) is 39.0. The van der Waals surface area contributed by atoms with Gasteiger partial charge in [-0.3, -0.25) is 0 Å². The summed E-state index contributed by atoms with van der Waals surface area (Å²) in [6, 6.07) is 0. The molecule has 1 rings (SSSR count). The molecule has 0 saturated carbocycles. The van der Waals surface area contributed by atoms with E-state index in [1.54, 1.807) is 10.8 Å². The van der Waals surface area contributed by atoms with E-state index in [9.17, 15) is 0 Å². The molecule has 0 aromatic heterocycles. The smallest absolute Gasteiger partial charge is 0.0321 e. The number of hydrogen-bond donors (Lipinski definition) is 1. The molecule has 1 saturated heterocycles. The molecule has 0 aliphatic carbocycles. The monoisotopic (exact) mass is 226 g/mol. The minimum absolute atomic E-state index is 0.476. The first-order valence-corrected chi connectivity index (χ1v) is 7.75. The highest BCUT2D eigenvalue weighted by Crippen LogP contribution is 2.40. The summed E-state index contributed by atoms with van der Waals surface area (Å²) in [4.78, 5) is 0. The SMILES string of the molecule is CC1CSC(C)(CSS)CS1. The van der Waals surface area contributed by atoms with E-state index in [0.29, 0.717) is 4.75 Å². The van der Waals surface area contributed by atoms with Gasteiger partial charge < -0.3 is 0 Å². The Bertz CT molecular complexity index is 118. The van der Waals surface area contributed by atoms with Crippen molar-refractivity contribution in [3.05, 3.63) is 0 Å². The van der Waals surface area contributed by atoms with E-state index < -0.39 is 0 Å². The Morgan fingerprint density at radius 2 is 2.45 bits per heavy atom. The van der Waals surface area contributed by atoms with E-state index in [1.165, 1.54) is 17.3 Å². The number of thioether (sulfide) groups is 2. The molecule has 0 bridgehead atoms. The Balaban J connectivity index is 2.35. The molecule has 0 radical (unpaired) electrons. The van der Waals surface area contributed by atoms with Gasteiger partial charge in [0.2, 0.25) is 0 Å². The van der Waals surface area contributed by atoms with Crippen LogP contribution in [-0.4, -0.2) is 27.3 Å². The topological polar surface area (TPSA) is 0 Å². The highest BCUT2D eigenvalue weighted by Gasteiger charge is 2.30. The number of hydrogen-bond acceptors (Lipinski definition) is 4. The average molecular weight is 226 g/mol. The van der Waals surface area contributed by atoms with E-state index in [2.05, 4.69) is 49.0 Å². The summed E-state index contributed by atoms with van der Waals surface area (Å²) in [5.74, 6) is 3.75. The van der Waals surface area contributed by atoms with Crippen LogP contribution in [0.1, 0.15) is 13.8 Å². The Kier molecular flexibility index (Phi) is 4.37. The second kappa shape index (κ2) is 4.58. The maximum absolute atomic E-state index is 4.20. The minimum atomic E-state index is 0.476. The Morgan fingerprint density at radius 3 is 2.91 bits per heavy atom. The zero-order valence-electron chi connectivity index (χ0n) is 6.87. The van der Waals surface area contributed by atoms with Crippen LogP contribution in [0, 0.1) is 0 Å². The van der Waals surface area contributed by atoms with Gasteiger partial charge in [-0.2, -0.15) is 23.5 Å². The van der Waals surface area contributed by atoms with E-state index in [1.807, 2.05) is 0 Å². The van der Waals surface area contributed by atoms with Gasteiger partial charge in [0, 0.05) is 27.3 Å². The van der Waals surface area contributed by atoms with Crippen molar-refractivity contribution < 1.29 is 0 Å². The van der Waals surface area contributed by atoms with Crippen LogP contribution in [0.3, 0.4) is 0 Å². The fourth-order valence-electron chi connectivity index (χ4n) is 0.947. The summed E-state index contributed by atoms with van der Waals surface area (Å²) in [5, 5.41) is 0.845. The quantitative estimate of drug-likeness (QED) is 0.568. The van der Waals surface area contributed by atoms with Crippen molar-refractivity contribution in [1.82, 2.24) is 0 Å². The molecule has 0 aromatic rings. The van der Waals surface area contributed by atoms with Crippen LogP contribution in [0.15, 0.2) is 0 Å². The van der Waals surface area contributed by atoms with Crippen molar-refractivity contribution >= 4 is 46.0 Å². The van der Waals surface area contributed by atoms with Crippen molar-refractivity contribution in [2.75, 3.05) is 17.3 Å². The van der Waals surface area contributed by atoms with Crippen molar-refractivity contribution in [2.24, 2.45) is 0 Å². The third-order valence-corrected chi connectivity index (χ3v) is 6.63. The van der Waals surface area contributed by atoms with E-state index in [4.69, 9.17) is 0 Å². The van der Waals surface area contributed by atoms with Crippen molar-refractivity contribution in [1.29, 1.82) is 0 Å². The zero-order valence-corrected chi connectivity index (χ0v) is 10.2. The predicted octanol–water partition coefficient (Wildman–Crippen LogP) is 3.19. The van der Waals surface area contributed by atoms with Gasteiger partial charge in [0.25, 0.3) is 0 Å². The molecule has 0 amide bonds. The number of rotatable bonds is 2. The highest BCUT2D eigenvalue weighted by atomic mass is 33.1. The van der Waals surface area contributed by atoms with Gasteiger partial charge in [-0.25, -0.2) is 0 Å². The molecule has 0 N–H and O–H groups in total. The predicted molar refractivity (Wildman–Crippen MR) is 64.2 cm³/mol. The van der Waals surface area contributed by atoms with Gasteiger partial charge in [0.1, 0.15) is 0 Å². The first-order chi connectivity index (χ1) is 5.16. The fraction of sp³-hybridized carbons (Fsp3) is 1.00. The molecule has 0 nitrogen and oxygen atoms in total. The van der Waals surface area contributed by atoms with E-state index in [0.717, 1.165) is 5.25 Å². The lowest BCUT2D eigenvalue weighted by Crippen LogP contribution is -2.33. The van der Waals surface area contributed by atoms with Gasteiger partial charge in [-0.1, -0.05) is 17.7 Å². The third kappa shape index (κ3) is 3.33. The van der Waals surface area contributed by atoms with E-state index in [-0.39, 0.29) is 0 Å². The zero-order chi connectivity index (χ0) is 8.32. The molecule has 1 aliphatic heterocycles. The first-order valence-electron chi connectivity index (χ1n) is 3.68. The average Bonchev–Trinajstić information content (AvgIpc) is 1.97.